The number of hydrogen-bond donors (Lipinski definition) is 3. The standard InChI is InChI=1S/C24H42O3/c1-5-6-14(2)17-7-8-18-22-19(13-21(27)24(17,18)4)23(3)10-9-16(25)11-15(23)12-20(22)26/h14-22,25-27H,5-13H2,1-4H3/t14-,15+,16-,17?,18?,19?,20-,21+,22?,23+,24-/m1/s1. The van der Waals surface area contributed by atoms with Crippen molar-refractivity contribution in [2.75, 3.05) is 0 Å². The summed E-state index contributed by atoms with van der Waals surface area (Å²) < 4.78 is 0. The molecular weight excluding hydrogens is 336 g/mol. The summed E-state index contributed by atoms with van der Waals surface area (Å²) in [6.45, 7) is 9.42. The van der Waals surface area contributed by atoms with Gasteiger partial charge >= 0.3 is 0 Å². The molecule has 11 atom stereocenters. The maximum Gasteiger partial charge on any atom is 0.0602 e. The van der Waals surface area contributed by atoms with E-state index in [2.05, 4.69) is 27.7 Å². The second kappa shape index (κ2) is 6.99. The molecule has 0 saturated heterocycles. The van der Waals surface area contributed by atoms with Gasteiger partial charge in [-0.1, -0.05) is 40.5 Å². The van der Waals surface area contributed by atoms with Crippen LogP contribution in [-0.2, 0) is 0 Å². The average molecular weight is 379 g/mol. The first kappa shape index (κ1) is 20.2. The molecule has 4 unspecified atom stereocenters. The van der Waals surface area contributed by atoms with Crippen LogP contribution < -0.4 is 0 Å². The monoisotopic (exact) mass is 378 g/mol. The third kappa shape index (κ3) is 2.86. The quantitative estimate of drug-likeness (QED) is 0.683. The van der Waals surface area contributed by atoms with Gasteiger partial charge in [0, 0.05) is 0 Å². The van der Waals surface area contributed by atoms with Crippen molar-refractivity contribution in [2.45, 2.75) is 104 Å². The van der Waals surface area contributed by atoms with E-state index in [0.29, 0.717) is 35.5 Å². The minimum Gasteiger partial charge on any atom is -0.393 e. The summed E-state index contributed by atoms with van der Waals surface area (Å²) in [4.78, 5) is 0. The smallest absolute Gasteiger partial charge is 0.0602 e. The Hall–Kier alpha value is -0.120. The lowest BCUT2D eigenvalue weighted by Crippen LogP contribution is -2.62. The van der Waals surface area contributed by atoms with Crippen molar-refractivity contribution in [1.82, 2.24) is 0 Å². The second-order valence-corrected chi connectivity index (χ2v) is 11.3. The third-order valence-corrected chi connectivity index (χ3v) is 10.3. The molecule has 0 spiro atoms. The van der Waals surface area contributed by atoms with Gasteiger partial charge in [0.2, 0.25) is 0 Å². The fourth-order valence-electron chi connectivity index (χ4n) is 8.79. The van der Waals surface area contributed by atoms with E-state index in [-0.39, 0.29) is 29.1 Å². The zero-order chi connectivity index (χ0) is 19.6. The summed E-state index contributed by atoms with van der Waals surface area (Å²) in [6.07, 6.45) is 8.64. The van der Waals surface area contributed by atoms with Gasteiger partial charge in [0.15, 0.2) is 0 Å². The molecule has 4 saturated carbocycles. The van der Waals surface area contributed by atoms with Crippen LogP contribution >= 0.6 is 0 Å². The topological polar surface area (TPSA) is 60.7 Å². The predicted octanol–water partition coefficient (Wildman–Crippen LogP) is 4.38. The molecule has 0 aliphatic heterocycles. The first-order valence-electron chi connectivity index (χ1n) is 11.8. The molecule has 4 fully saturated rings. The summed E-state index contributed by atoms with van der Waals surface area (Å²) >= 11 is 0. The van der Waals surface area contributed by atoms with Gasteiger partial charge in [-0.15, -0.1) is 0 Å². The Balaban J connectivity index is 1.66. The first-order valence-corrected chi connectivity index (χ1v) is 11.8. The van der Waals surface area contributed by atoms with E-state index in [0.717, 1.165) is 32.1 Å². The number of fused-ring (bicyclic) bond motifs is 5. The van der Waals surface area contributed by atoms with E-state index < -0.39 is 0 Å². The van der Waals surface area contributed by atoms with E-state index in [1.54, 1.807) is 0 Å². The third-order valence-electron chi connectivity index (χ3n) is 10.3. The molecular formula is C24H42O3. The number of hydrogen-bond acceptors (Lipinski definition) is 3. The van der Waals surface area contributed by atoms with Crippen LogP contribution in [0.2, 0.25) is 0 Å². The van der Waals surface area contributed by atoms with E-state index >= 15 is 0 Å². The van der Waals surface area contributed by atoms with Crippen LogP contribution in [0.3, 0.4) is 0 Å². The van der Waals surface area contributed by atoms with Crippen molar-refractivity contribution in [3.63, 3.8) is 0 Å². The number of aliphatic hydroxyl groups is 3. The molecule has 0 heterocycles. The lowest BCUT2D eigenvalue weighted by atomic mass is 9.43. The first-order chi connectivity index (χ1) is 12.7. The fraction of sp³-hybridized carbons (Fsp3) is 1.00. The van der Waals surface area contributed by atoms with Crippen molar-refractivity contribution < 1.29 is 15.3 Å². The van der Waals surface area contributed by atoms with Crippen LogP contribution in [-0.4, -0.2) is 33.6 Å². The Labute approximate surface area is 165 Å². The van der Waals surface area contributed by atoms with Gasteiger partial charge in [-0.2, -0.15) is 0 Å². The highest BCUT2D eigenvalue weighted by atomic mass is 16.3. The Kier molecular flexibility index (Phi) is 5.22. The molecule has 3 N–H and O–H groups in total. The van der Waals surface area contributed by atoms with Gasteiger partial charge in [0.1, 0.15) is 0 Å². The van der Waals surface area contributed by atoms with Crippen LogP contribution in [0.5, 0.6) is 0 Å². The highest BCUT2D eigenvalue weighted by Gasteiger charge is 2.65. The molecule has 156 valence electrons. The molecule has 3 nitrogen and oxygen atoms in total. The van der Waals surface area contributed by atoms with Crippen LogP contribution in [0.25, 0.3) is 0 Å². The van der Waals surface area contributed by atoms with Crippen molar-refractivity contribution in [3.05, 3.63) is 0 Å². The highest BCUT2D eigenvalue weighted by Crippen LogP contribution is 2.68. The fourth-order valence-corrected chi connectivity index (χ4v) is 8.79. The van der Waals surface area contributed by atoms with Crippen molar-refractivity contribution in [3.8, 4) is 0 Å². The van der Waals surface area contributed by atoms with Gasteiger partial charge < -0.3 is 15.3 Å². The van der Waals surface area contributed by atoms with E-state index in [9.17, 15) is 15.3 Å². The zero-order valence-electron chi connectivity index (χ0n) is 17.9. The van der Waals surface area contributed by atoms with Crippen molar-refractivity contribution in [2.24, 2.45) is 46.3 Å². The van der Waals surface area contributed by atoms with Crippen LogP contribution in [0.15, 0.2) is 0 Å². The molecule has 4 rings (SSSR count). The molecule has 27 heavy (non-hydrogen) atoms. The summed E-state index contributed by atoms with van der Waals surface area (Å²) in [5, 5.41) is 32.9. The Morgan fingerprint density at radius 1 is 0.963 bits per heavy atom. The molecule has 4 aliphatic rings. The van der Waals surface area contributed by atoms with E-state index in [1.165, 1.54) is 25.7 Å². The summed E-state index contributed by atoms with van der Waals surface area (Å²) in [5.41, 5.74) is 0.146. The maximum absolute atomic E-state index is 11.5. The van der Waals surface area contributed by atoms with Crippen LogP contribution in [0.1, 0.15) is 85.5 Å². The van der Waals surface area contributed by atoms with Gasteiger partial charge in [-0.3, -0.25) is 0 Å². The van der Waals surface area contributed by atoms with Crippen molar-refractivity contribution in [1.29, 1.82) is 0 Å². The molecule has 0 aromatic carbocycles. The van der Waals surface area contributed by atoms with Gasteiger partial charge in [0.25, 0.3) is 0 Å². The van der Waals surface area contributed by atoms with Gasteiger partial charge in [-0.25, -0.2) is 0 Å². The van der Waals surface area contributed by atoms with Crippen LogP contribution in [0.4, 0.5) is 0 Å². The Bertz CT molecular complexity index is 550. The predicted molar refractivity (Wildman–Crippen MR) is 108 cm³/mol. The lowest BCUT2D eigenvalue weighted by molar-refractivity contribution is -0.207. The number of rotatable bonds is 3. The van der Waals surface area contributed by atoms with E-state index in [1.807, 2.05) is 0 Å². The SMILES string of the molecule is CCC[C@@H](C)C1CCC2C3C(C[C@H](O)[C@@]21C)[C@@]1(C)CC[C@@H](O)C[C@H]1C[C@H]3O. The van der Waals surface area contributed by atoms with Crippen LogP contribution in [0, 0.1) is 46.3 Å². The van der Waals surface area contributed by atoms with Gasteiger partial charge in [0.05, 0.1) is 18.3 Å². The number of aliphatic hydroxyl groups excluding tert-OH is 3. The molecule has 0 bridgehead atoms. The summed E-state index contributed by atoms with van der Waals surface area (Å²) in [6, 6.07) is 0. The molecule has 4 aliphatic carbocycles. The molecule has 0 amide bonds. The largest absolute Gasteiger partial charge is 0.393 e. The molecule has 0 aromatic rings. The minimum absolute atomic E-state index is 0.0336. The zero-order valence-corrected chi connectivity index (χ0v) is 17.9. The van der Waals surface area contributed by atoms with Crippen molar-refractivity contribution >= 4 is 0 Å². The Morgan fingerprint density at radius 3 is 2.41 bits per heavy atom. The highest BCUT2D eigenvalue weighted by molar-refractivity contribution is 5.14. The summed E-state index contributed by atoms with van der Waals surface area (Å²) in [5.74, 6) is 2.86. The average Bonchev–Trinajstić information content (AvgIpc) is 2.96. The lowest BCUT2D eigenvalue weighted by Gasteiger charge is -2.63. The second-order valence-electron chi connectivity index (χ2n) is 11.3. The van der Waals surface area contributed by atoms with E-state index in [4.69, 9.17) is 0 Å². The molecule has 0 radical (unpaired) electrons. The Morgan fingerprint density at radius 2 is 1.70 bits per heavy atom. The molecule has 3 heteroatoms. The molecule has 0 aromatic heterocycles. The normalized spacial score (nSPS) is 56.1. The van der Waals surface area contributed by atoms with Gasteiger partial charge in [-0.05, 0) is 91.3 Å². The minimum atomic E-state index is -0.254. The maximum atomic E-state index is 11.5. The summed E-state index contributed by atoms with van der Waals surface area (Å²) in [7, 11) is 0.